The van der Waals surface area contributed by atoms with E-state index in [0.717, 1.165) is 5.56 Å². The van der Waals surface area contributed by atoms with Gasteiger partial charge in [-0.3, -0.25) is 4.79 Å². The van der Waals surface area contributed by atoms with E-state index in [9.17, 15) is 4.79 Å². The van der Waals surface area contributed by atoms with Crippen molar-refractivity contribution in [1.29, 1.82) is 0 Å². The molecule has 0 unspecified atom stereocenters. The molecule has 1 amide bonds. The molecule has 100 valence electrons. The molecule has 1 aromatic carbocycles. The van der Waals surface area contributed by atoms with Crippen LogP contribution in [0.25, 0.3) is 0 Å². The zero-order valence-electron chi connectivity index (χ0n) is 11.1. The van der Waals surface area contributed by atoms with Gasteiger partial charge in [0.1, 0.15) is 0 Å². The summed E-state index contributed by atoms with van der Waals surface area (Å²) in [7, 11) is 3.07. The fraction of sp³-hybridized carbons (Fsp3) is 0.462. The van der Waals surface area contributed by atoms with E-state index in [1.807, 2.05) is 6.92 Å². The number of rotatable bonds is 5. The molecule has 0 heterocycles. The van der Waals surface area contributed by atoms with Gasteiger partial charge in [0.2, 0.25) is 0 Å². The molecule has 0 saturated heterocycles. The normalized spacial score (nSPS) is 11.8. The van der Waals surface area contributed by atoms with Crippen LogP contribution in [0.5, 0.6) is 11.5 Å². The van der Waals surface area contributed by atoms with Gasteiger partial charge in [0.05, 0.1) is 20.8 Å². The lowest BCUT2D eigenvalue weighted by Crippen LogP contribution is -2.35. The third-order valence-electron chi connectivity index (χ3n) is 2.63. The van der Waals surface area contributed by atoms with Crippen molar-refractivity contribution in [1.82, 2.24) is 5.32 Å². The van der Waals surface area contributed by atoms with Crippen LogP contribution in [-0.4, -0.2) is 37.9 Å². The van der Waals surface area contributed by atoms with E-state index in [0.29, 0.717) is 17.1 Å². The minimum Gasteiger partial charge on any atom is -0.493 e. The Hall–Kier alpha value is -1.75. The van der Waals surface area contributed by atoms with Crippen LogP contribution in [0.3, 0.4) is 0 Å². The van der Waals surface area contributed by atoms with Gasteiger partial charge in [-0.25, -0.2) is 0 Å². The van der Waals surface area contributed by atoms with Gasteiger partial charge in [-0.1, -0.05) is 0 Å². The van der Waals surface area contributed by atoms with Crippen molar-refractivity contribution in [2.24, 2.45) is 0 Å². The summed E-state index contributed by atoms with van der Waals surface area (Å²) in [6, 6.07) is 3.09. The number of methoxy groups -OCH3 is 2. The highest BCUT2D eigenvalue weighted by Gasteiger charge is 2.15. The number of aliphatic hydroxyl groups is 1. The van der Waals surface area contributed by atoms with E-state index < -0.39 is 0 Å². The minimum absolute atomic E-state index is 0.0991. The number of hydrogen-bond donors (Lipinski definition) is 2. The van der Waals surface area contributed by atoms with Gasteiger partial charge in [-0.2, -0.15) is 0 Å². The van der Waals surface area contributed by atoms with Crippen molar-refractivity contribution in [3.05, 3.63) is 23.3 Å². The fourth-order valence-electron chi connectivity index (χ4n) is 1.57. The first-order valence-corrected chi connectivity index (χ1v) is 5.67. The Kier molecular flexibility index (Phi) is 4.97. The smallest absolute Gasteiger partial charge is 0.251 e. The van der Waals surface area contributed by atoms with E-state index in [1.54, 1.807) is 26.2 Å². The van der Waals surface area contributed by atoms with Gasteiger partial charge < -0.3 is 19.9 Å². The Labute approximate surface area is 107 Å². The number of benzene rings is 1. The Balaban J connectivity index is 3.05. The first-order chi connectivity index (χ1) is 8.53. The third kappa shape index (κ3) is 3.13. The second kappa shape index (κ2) is 6.26. The maximum Gasteiger partial charge on any atom is 0.251 e. The van der Waals surface area contributed by atoms with Crippen LogP contribution >= 0.6 is 0 Å². The first-order valence-electron chi connectivity index (χ1n) is 5.67. The summed E-state index contributed by atoms with van der Waals surface area (Å²) in [4.78, 5) is 12.0. The van der Waals surface area contributed by atoms with E-state index >= 15 is 0 Å². The Morgan fingerprint density at radius 2 is 1.89 bits per heavy atom. The van der Waals surface area contributed by atoms with Crippen LogP contribution in [-0.2, 0) is 0 Å². The lowest BCUT2D eigenvalue weighted by Gasteiger charge is -2.15. The van der Waals surface area contributed by atoms with Crippen LogP contribution in [0, 0.1) is 6.92 Å². The van der Waals surface area contributed by atoms with Crippen molar-refractivity contribution >= 4 is 5.91 Å². The summed E-state index contributed by atoms with van der Waals surface area (Å²) in [6.45, 7) is 3.45. The van der Waals surface area contributed by atoms with Gasteiger partial charge in [-0.15, -0.1) is 0 Å². The van der Waals surface area contributed by atoms with Crippen LogP contribution in [0.15, 0.2) is 12.1 Å². The molecule has 0 spiro atoms. The van der Waals surface area contributed by atoms with E-state index in [-0.39, 0.29) is 18.6 Å². The van der Waals surface area contributed by atoms with Crippen LogP contribution in [0.1, 0.15) is 22.8 Å². The lowest BCUT2D eigenvalue weighted by molar-refractivity contribution is 0.0921. The van der Waals surface area contributed by atoms with Crippen molar-refractivity contribution in [3.8, 4) is 11.5 Å². The molecule has 5 heteroatoms. The summed E-state index contributed by atoms with van der Waals surface area (Å²) in [6.07, 6.45) is 0. The highest BCUT2D eigenvalue weighted by Crippen LogP contribution is 2.30. The van der Waals surface area contributed by atoms with Crippen molar-refractivity contribution < 1.29 is 19.4 Å². The Bertz CT molecular complexity index is 431. The Morgan fingerprint density at radius 1 is 1.33 bits per heavy atom. The topological polar surface area (TPSA) is 67.8 Å². The molecular weight excluding hydrogens is 234 g/mol. The minimum atomic E-state index is -0.287. The molecule has 5 nitrogen and oxygen atoms in total. The number of carbonyl (C=O) groups excluding carboxylic acids is 1. The zero-order chi connectivity index (χ0) is 13.7. The Morgan fingerprint density at radius 3 is 2.39 bits per heavy atom. The van der Waals surface area contributed by atoms with Crippen LogP contribution in [0.2, 0.25) is 0 Å². The zero-order valence-corrected chi connectivity index (χ0v) is 11.1. The lowest BCUT2D eigenvalue weighted by atomic mass is 10.1. The number of nitrogens with one attached hydrogen (secondary N) is 1. The largest absolute Gasteiger partial charge is 0.493 e. The van der Waals surface area contributed by atoms with E-state index in [1.165, 1.54) is 7.11 Å². The average Bonchev–Trinajstić information content (AvgIpc) is 2.37. The summed E-state index contributed by atoms with van der Waals surface area (Å²) in [5, 5.41) is 11.6. The van der Waals surface area contributed by atoms with Gasteiger partial charge >= 0.3 is 0 Å². The van der Waals surface area contributed by atoms with Crippen molar-refractivity contribution in [2.75, 3.05) is 20.8 Å². The predicted molar refractivity (Wildman–Crippen MR) is 68.3 cm³/mol. The molecule has 18 heavy (non-hydrogen) atoms. The molecule has 2 N–H and O–H groups in total. The van der Waals surface area contributed by atoms with E-state index in [2.05, 4.69) is 5.32 Å². The van der Waals surface area contributed by atoms with Gasteiger partial charge in [-0.05, 0) is 31.5 Å². The van der Waals surface area contributed by atoms with E-state index in [4.69, 9.17) is 14.6 Å². The number of carbonyl (C=O) groups is 1. The molecular formula is C13H19NO4. The first kappa shape index (κ1) is 14.3. The molecule has 1 aromatic rings. The molecule has 0 aliphatic carbocycles. The van der Waals surface area contributed by atoms with Crippen LogP contribution in [0.4, 0.5) is 0 Å². The molecule has 0 aromatic heterocycles. The average molecular weight is 253 g/mol. The van der Waals surface area contributed by atoms with Crippen molar-refractivity contribution in [3.63, 3.8) is 0 Å². The van der Waals surface area contributed by atoms with Crippen LogP contribution < -0.4 is 14.8 Å². The number of aliphatic hydroxyl groups excluding tert-OH is 1. The molecule has 1 rings (SSSR count). The summed E-state index contributed by atoms with van der Waals surface area (Å²) < 4.78 is 10.3. The maximum atomic E-state index is 12.0. The second-order valence-corrected chi connectivity index (χ2v) is 4.08. The highest BCUT2D eigenvalue weighted by molar-refractivity contribution is 5.96. The number of amides is 1. The molecule has 0 aliphatic heterocycles. The molecule has 0 fully saturated rings. The third-order valence-corrected chi connectivity index (χ3v) is 2.63. The maximum absolute atomic E-state index is 12.0. The van der Waals surface area contributed by atoms with Gasteiger partial charge in [0.15, 0.2) is 11.5 Å². The summed E-state index contributed by atoms with van der Waals surface area (Å²) in [5.74, 6) is 0.849. The molecule has 0 aliphatic rings. The molecule has 1 atom stereocenters. The molecule has 0 saturated carbocycles. The molecule has 0 radical (unpaired) electrons. The fourth-order valence-corrected chi connectivity index (χ4v) is 1.57. The molecule has 0 bridgehead atoms. The SMILES string of the molecule is COc1cc(C)c(C(=O)N[C@@H](C)CO)cc1OC. The monoisotopic (exact) mass is 253 g/mol. The summed E-state index contributed by atoms with van der Waals surface area (Å²) >= 11 is 0. The highest BCUT2D eigenvalue weighted by atomic mass is 16.5. The second-order valence-electron chi connectivity index (χ2n) is 4.08. The van der Waals surface area contributed by atoms with Crippen molar-refractivity contribution in [2.45, 2.75) is 19.9 Å². The standard InChI is InChI=1S/C13H19NO4/c1-8-5-11(17-3)12(18-4)6-10(8)13(16)14-9(2)7-15/h5-6,9,15H,7H2,1-4H3,(H,14,16)/t9-/m0/s1. The number of aryl methyl sites for hydroxylation is 1. The predicted octanol–water partition coefficient (Wildman–Crippen LogP) is 1.12. The quantitative estimate of drug-likeness (QED) is 0.825. The summed E-state index contributed by atoms with van der Waals surface area (Å²) in [5.41, 5.74) is 1.29. The number of hydrogen-bond acceptors (Lipinski definition) is 4. The number of ether oxygens (including phenoxy) is 2. The van der Waals surface area contributed by atoms with Gasteiger partial charge in [0.25, 0.3) is 5.91 Å². The van der Waals surface area contributed by atoms with Gasteiger partial charge in [0, 0.05) is 11.6 Å².